The molecular formula is C14H12N4S. The number of thioether (sulfide) groups is 1. The summed E-state index contributed by atoms with van der Waals surface area (Å²) in [6.45, 7) is 0. The van der Waals surface area contributed by atoms with Crippen LogP contribution in [0.1, 0.15) is 5.69 Å². The van der Waals surface area contributed by atoms with E-state index in [9.17, 15) is 5.26 Å². The number of aromatic nitrogens is 2. The molecule has 5 heteroatoms. The summed E-state index contributed by atoms with van der Waals surface area (Å²) in [6.07, 6.45) is 7.01. The number of rotatable bonds is 4. The number of nitrogens with one attached hydrogen (secondary N) is 1. The molecule has 2 aromatic rings. The average Bonchev–Trinajstić information content (AvgIpc) is 2.49. The van der Waals surface area contributed by atoms with E-state index in [1.165, 1.54) is 11.8 Å². The van der Waals surface area contributed by atoms with Crippen molar-refractivity contribution in [3.8, 4) is 6.07 Å². The molecule has 4 nitrogen and oxygen atoms in total. The Morgan fingerprint density at radius 2 is 2.16 bits per heavy atom. The van der Waals surface area contributed by atoms with E-state index in [-0.39, 0.29) is 0 Å². The Morgan fingerprint density at radius 1 is 1.26 bits per heavy atom. The fourth-order valence-electron chi connectivity index (χ4n) is 1.52. The van der Waals surface area contributed by atoms with Crippen LogP contribution in [-0.4, -0.2) is 16.2 Å². The molecule has 0 unspecified atom stereocenters. The first-order valence-electron chi connectivity index (χ1n) is 5.62. The molecule has 0 fully saturated rings. The van der Waals surface area contributed by atoms with Crippen molar-refractivity contribution in [3.05, 3.63) is 59.6 Å². The van der Waals surface area contributed by atoms with Crippen LogP contribution in [0.4, 0.5) is 5.69 Å². The molecule has 0 aliphatic heterocycles. The third kappa shape index (κ3) is 3.33. The molecule has 0 spiro atoms. The fourth-order valence-corrected chi connectivity index (χ4v) is 2.09. The van der Waals surface area contributed by atoms with Gasteiger partial charge in [-0.05, 0) is 30.5 Å². The van der Waals surface area contributed by atoms with Crippen molar-refractivity contribution in [3.63, 3.8) is 0 Å². The molecule has 2 aromatic heterocycles. The van der Waals surface area contributed by atoms with Gasteiger partial charge in [-0.1, -0.05) is 6.07 Å². The molecule has 0 aromatic carbocycles. The summed E-state index contributed by atoms with van der Waals surface area (Å²) in [4.78, 5) is 8.25. The lowest BCUT2D eigenvalue weighted by molar-refractivity contribution is 1.27. The van der Waals surface area contributed by atoms with Crippen molar-refractivity contribution in [2.45, 2.75) is 0 Å². The third-order valence-corrected chi connectivity index (χ3v) is 3.10. The molecule has 94 valence electrons. The second-order valence-corrected chi connectivity index (χ2v) is 4.42. The topological polar surface area (TPSA) is 61.6 Å². The van der Waals surface area contributed by atoms with E-state index < -0.39 is 0 Å². The van der Waals surface area contributed by atoms with Gasteiger partial charge in [0.1, 0.15) is 11.6 Å². The molecule has 19 heavy (non-hydrogen) atoms. The number of nitriles is 1. The molecule has 2 rings (SSSR count). The summed E-state index contributed by atoms with van der Waals surface area (Å²) in [7, 11) is 0. The van der Waals surface area contributed by atoms with Crippen molar-refractivity contribution in [1.29, 1.82) is 5.26 Å². The Morgan fingerprint density at radius 3 is 2.74 bits per heavy atom. The summed E-state index contributed by atoms with van der Waals surface area (Å²) in [6, 6.07) is 11.4. The molecule has 1 N–H and O–H groups in total. The maximum atomic E-state index is 9.34. The summed E-state index contributed by atoms with van der Waals surface area (Å²) in [5.74, 6) is 0. The standard InChI is InChI=1S/C14H12N4S/c1-19-14(18-11-5-4-7-16-10-11)12(9-15)13-6-2-3-8-17-13/h2-8,10,18H,1H3. The number of hydrogen-bond acceptors (Lipinski definition) is 5. The quantitative estimate of drug-likeness (QED) is 0.863. The zero-order valence-electron chi connectivity index (χ0n) is 10.4. The van der Waals surface area contributed by atoms with Crippen molar-refractivity contribution < 1.29 is 0 Å². The Hall–Kier alpha value is -2.32. The third-order valence-electron chi connectivity index (χ3n) is 2.38. The van der Waals surface area contributed by atoms with Gasteiger partial charge in [0.15, 0.2) is 0 Å². The normalized spacial score (nSPS) is 11.4. The smallest absolute Gasteiger partial charge is 0.108 e. The van der Waals surface area contributed by atoms with E-state index in [0.29, 0.717) is 11.3 Å². The Balaban J connectivity index is 2.38. The number of pyridine rings is 2. The molecule has 0 amide bonds. The molecule has 0 radical (unpaired) electrons. The highest BCUT2D eigenvalue weighted by Gasteiger charge is 2.09. The molecular weight excluding hydrogens is 256 g/mol. The van der Waals surface area contributed by atoms with Crippen molar-refractivity contribution in [1.82, 2.24) is 9.97 Å². The van der Waals surface area contributed by atoms with Crippen molar-refractivity contribution in [2.75, 3.05) is 11.6 Å². The summed E-state index contributed by atoms with van der Waals surface area (Å²) in [5.41, 5.74) is 2.03. The van der Waals surface area contributed by atoms with Crippen molar-refractivity contribution in [2.24, 2.45) is 0 Å². The van der Waals surface area contributed by atoms with Gasteiger partial charge in [-0.3, -0.25) is 9.97 Å². The van der Waals surface area contributed by atoms with E-state index in [4.69, 9.17) is 0 Å². The Bertz CT molecular complexity index is 602. The SMILES string of the molecule is CSC(Nc1cccnc1)=C(C#N)c1ccccn1. The average molecular weight is 268 g/mol. The second-order valence-electron chi connectivity index (χ2n) is 3.60. The predicted octanol–water partition coefficient (Wildman–Crippen LogP) is 3.14. The van der Waals surface area contributed by atoms with Crippen LogP contribution in [0.2, 0.25) is 0 Å². The minimum Gasteiger partial charge on any atom is -0.348 e. The van der Waals surface area contributed by atoms with Crippen LogP contribution in [0.25, 0.3) is 5.57 Å². The van der Waals surface area contributed by atoms with Gasteiger partial charge in [0.2, 0.25) is 0 Å². The van der Waals surface area contributed by atoms with Gasteiger partial charge in [-0.15, -0.1) is 11.8 Å². The van der Waals surface area contributed by atoms with E-state index in [2.05, 4.69) is 21.4 Å². The van der Waals surface area contributed by atoms with E-state index in [1.807, 2.05) is 36.6 Å². The van der Waals surface area contributed by atoms with Gasteiger partial charge in [-0.25, -0.2) is 0 Å². The van der Waals surface area contributed by atoms with Gasteiger partial charge < -0.3 is 5.32 Å². The first-order valence-corrected chi connectivity index (χ1v) is 6.84. The van der Waals surface area contributed by atoms with Crippen LogP contribution >= 0.6 is 11.8 Å². The lowest BCUT2D eigenvalue weighted by Crippen LogP contribution is -2.00. The van der Waals surface area contributed by atoms with E-state index >= 15 is 0 Å². The number of hydrogen-bond donors (Lipinski definition) is 1. The van der Waals surface area contributed by atoms with Gasteiger partial charge in [0, 0.05) is 12.4 Å². The Labute approximate surface area is 116 Å². The van der Waals surface area contributed by atoms with Gasteiger partial charge >= 0.3 is 0 Å². The molecule has 0 atom stereocenters. The van der Waals surface area contributed by atoms with Gasteiger partial charge in [-0.2, -0.15) is 5.26 Å². The first-order chi connectivity index (χ1) is 9.35. The zero-order valence-corrected chi connectivity index (χ0v) is 11.2. The van der Waals surface area contributed by atoms with Crippen LogP contribution in [0.5, 0.6) is 0 Å². The predicted molar refractivity (Wildman–Crippen MR) is 78.1 cm³/mol. The minimum absolute atomic E-state index is 0.525. The Kier molecular flexibility index (Phi) is 4.54. The van der Waals surface area contributed by atoms with Crippen LogP contribution in [0.3, 0.4) is 0 Å². The van der Waals surface area contributed by atoms with Gasteiger partial charge in [0.25, 0.3) is 0 Å². The van der Waals surface area contributed by atoms with Crippen LogP contribution < -0.4 is 5.32 Å². The summed E-state index contributed by atoms with van der Waals surface area (Å²) < 4.78 is 0. The molecule has 2 heterocycles. The second kappa shape index (κ2) is 6.57. The molecule has 0 saturated heterocycles. The van der Waals surface area contributed by atoms with Crippen molar-refractivity contribution >= 4 is 23.0 Å². The number of anilines is 1. The number of nitrogens with zero attached hydrogens (tertiary/aromatic N) is 3. The molecule has 0 saturated carbocycles. The zero-order chi connectivity index (χ0) is 13.5. The highest BCUT2D eigenvalue weighted by Crippen LogP contribution is 2.25. The maximum absolute atomic E-state index is 9.34. The molecule has 0 bridgehead atoms. The largest absolute Gasteiger partial charge is 0.348 e. The highest BCUT2D eigenvalue weighted by atomic mass is 32.2. The van der Waals surface area contributed by atoms with Crippen LogP contribution in [0.15, 0.2) is 54.0 Å². The number of allylic oxidation sites excluding steroid dienone is 1. The summed E-state index contributed by atoms with van der Waals surface area (Å²) >= 11 is 1.47. The summed E-state index contributed by atoms with van der Waals surface area (Å²) in [5, 5.41) is 13.3. The fraction of sp³-hybridized carbons (Fsp3) is 0.0714. The monoisotopic (exact) mass is 268 g/mol. The maximum Gasteiger partial charge on any atom is 0.108 e. The van der Waals surface area contributed by atoms with E-state index in [1.54, 1.807) is 18.6 Å². The minimum atomic E-state index is 0.525. The van der Waals surface area contributed by atoms with Crippen LogP contribution in [0, 0.1) is 11.3 Å². The van der Waals surface area contributed by atoms with Gasteiger partial charge in [0.05, 0.1) is 22.6 Å². The first kappa shape index (κ1) is 13.1. The molecule has 0 aliphatic rings. The highest BCUT2D eigenvalue weighted by molar-refractivity contribution is 8.02. The lowest BCUT2D eigenvalue weighted by atomic mass is 10.2. The molecule has 0 aliphatic carbocycles. The van der Waals surface area contributed by atoms with Crippen LogP contribution in [-0.2, 0) is 0 Å². The van der Waals surface area contributed by atoms with E-state index in [0.717, 1.165) is 10.7 Å². The lowest BCUT2D eigenvalue weighted by Gasteiger charge is -2.10.